The fourth-order valence-corrected chi connectivity index (χ4v) is 1.65. The van der Waals surface area contributed by atoms with Gasteiger partial charge in [0.05, 0.1) is 0 Å². The summed E-state index contributed by atoms with van der Waals surface area (Å²) >= 11 is 0. The van der Waals surface area contributed by atoms with Crippen molar-refractivity contribution in [2.24, 2.45) is 5.92 Å². The molecule has 4 heteroatoms. The van der Waals surface area contributed by atoms with Crippen molar-refractivity contribution < 1.29 is 15.0 Å². The lowest BCUT2D eigenvalue weighted by atomic mass is 9.85. The van der Waals surface area contributed by atoms with Crippen molar-refractivity contribution in [3.8, 4) is 0 Å². The predicted octanol–water partition coefficient (Wildman–Crippen LogP) is 1.39. The molecule has 0 heterocycles. The maximum Gasteiger partial charge on any atom is 0.332 e. The van der Waals surface area contributed by atoms with E-state index in [1.165, 1.54) is 6.42 Å². The predicted molar refractivity (Wildman–Crippen MR) is 46.2 cm³/mol. The van der Waals surface area contributed by atoms with Crippen LogP contribution in [0.1, 0.15) is 32.1 Å². The first-order valence-electron chi connectivity index (χ1n) is 4.12. The molecule has 1 rings (SSSR count). The quantitative estimate of drug-likeness (QED) is 0.593. The Balaban J connectivity index is 0.00000121. The summed E-state index contributed by atoms with van der Waals surface area (Å²) in [4.78, 5) is 10.3. The molecule has 0 radical (unpaired) electrons. The van der Waals surface area contributed by atoms with Gasteiger partial charge in [-0.05, 0) is 18.8 Å². The van der Waals surface area contributed by atoms with Crippen LogP contribution in [0.25, 0.3) is 0 Å². The number of aliphatic hydroxyl groups is 1. The summed E-state index contributed by atoms with van der Waals surface area (Å²) in [7, 11) is 0. The number of carboxylic acid groups (broad SMARTS) is 1. The van der Waals surface area contributed by atoms with E-state index >= 15 is 0 Å². The van der Waals surface area contributed by atoms with Crippen molar-refractivity contribution in [3.63, 3.8) is 0 Å². The highest BCUT2D eigenvalue weighted by molar-refractivity contribution is 5.72. The van der Waals surface area contributed by atoms with Gasteiger partial charge in [0.1, 0.15) is 0 Å². The molecular weight excluding hydrogens is 158 g/mol. The van der Waals surface area contributed by atoms with Gasteiger partial charge in [-0.2, -0.15) is 0 Å². The monoisotopic (exact) mass is 176 g/mol. The van der Waals surface area contributed by atoms with Crippen molar-refractivity contribution in [2.75, 3.05) is 0 Å². The number of aliphatic hydroxyl groups excluding tert-OH is 1. The third kappa shape index (κ3) is 2.79. The minimum Gasteiger partial charge on any atom is -0.479 e. The summed E-state index contributed by atoms with van der Waals surface area (Å²) in [5, 5.41) is 17.6. The number of hydrogen-bond donors (Lipinski definition) is 3. The Morgan fingerprint density at radius 2 is 1.75 bits per heavy atom. The first kappa shape index (κ1) is 11.4. The van der Waals surface area contributed by atoms with E-state index in [0.717, 1.165) is 25.7 Å². The highest BCUT2D eigenvalue weighted by Crippen LogP contribution is 2.26. The van der Waals surface area contributed by atoms with Crippen LogP contribution in [0.3, 0.4) is 0 Å². The van der Waals surface area contributed by atoms with E-state index in [4.69, 9.17) is 10.2 Å². The average molecular weight is 176 g/mol. The van der Waals surface area contributed by atoms with E-state index in [9.17, 15) is 4.79 Å². The molecule has 0 aromatic heterocycles. The normalized spacial score (nSPS) is 21.1. The van der Waals surface area contributed by atoms with Gasteiger partial charge < -0.3 is 16.4 Å². The number of rotatable bonds is 2. The molecule has 0 spiro atoms. The maximum atomic E-state index is 10.3. The molecule has 1 aliphatic carbocycles. The molecule has 1 aliphatic rings. The first-order valence-corrected chi connectivity index (χ1v) is 4.12. The molecule has 6 N–H and O–H groups in total. The molecule has 72 valence electrons. The van der Waals surface area contributed by atoms with E-state index in [-0.39, 0.29) is 12.1 Å². The Morgan fingerprint density at radius 1 is 1.25 bits per heavy atom. The summed E-state index contributed by atoms with van der Waals surface area (Å²) in [5.74, 6) is -1.07. The zero-order valence-corrected chi connectivity index (χ0v) is 7.49. The van der Waals surface area contributed by atoms with Gasteiger partial charge in [-0.25, -0.2) is 4.79 Å². The number of carbonyl (C=O) groups is 1. The lowest BCUT2D eigenvalue weighted by molar-refractivity contribution is -0.150. The van der Waals surface area contributed by atoms with Crippen LogP contribution in [0.5, 0.6) is 0 Å². The number of quaternary nitrogens is 1. The molecule has 0 unspecified atom stereocenters. The summed E-state index contributed by atoms with van der Waals surface area (Å²) in [6.45, 7) is 0. The van der Waals surface area contributed by atoms with Crippen molar-refractivity contribution in [2.45, 2.75) is 38.2 Å². The standard InChI is InChI=1S/C8H14O3.H3N/c9-7(8(10)11)6-4-2-1-3-5-6;/h6-7,9H,1-5H2,(H,10,11);1H3/p+1/t7-;/m1./s1. The van der Waals surface area contributed by atoms with Crippen LogP contribution in [0, 0.1) is 5.92 Å². The van der Waals surface area contributed by atoms with Crippen LogP contribution >= 0.6 is 0 Å². The minimum atomic E-state index is -1.13. The third-order valence-corrected chi connectivity index (χ3v) is 2.35. The number of hydrogen-bond acceptors (Lipinski definition) is 2. The maximum absolute atomic E-state index is 10.3. The molecule has 0 aromatic rings. The zero-order chi connectivity index (χ0) is 8.27. The average Bonchev–Trinajstić information content (AvgIpc) is 2.05. The second kappa shape index (κ2) is 5.11. The van der Waals surface area contributed by atoms with Gasteiger partial charge >= 0.3 is 5.97 Å². The lowest BCUT2D eigenvalue weighted by Crippen LogP contribution is -2.30. The number of aliphatic carboxylic acids is 1. The molecule has 0 amide bonds. The van der Waals surface area contributed by atoms with Gasteiger partial charge in [0.15, 0.2) is 6.10 Å². The zero-order valence-electron chi connectivity index (χ0n) is 7.49. The third-order valence-electron chi connectivity index (χ3n) is 2.35. The second-order valence-electron chi connectivity index (χ2n) is 3.18. The van der Waals surface area contributed by atoms with Gasteiger partial charge in [-0.1, -0.05) is 19.3 Å². The van der Waals surface area contributed by atoms with Crippen molar-refractivity contribution >= 4 is 5.97 Å². The van der Waals surface area contributed by atoms with E-state index in [0.29, 0.717) is 0 Å². The van der Waals surface area contributed by atoms with Crippen molar-refractivity contribution in [1.29, 1.82) is 0 Å². The lowest BCUT2D eigenvalue weighted by Gasteiger charge is -2.23. The molecule has 0 aromatic carbocycles. The smallest absolute Gasteiger partial charge is 0.332 e. The molecule has 1 saturated carbocycles. The van der Waals surface area contributed by atoms with Gasteiger partial charge in [0.25, 0.3) is 0 Å². The molecule has 1 atom stereocenters. The summed E-state index contributed by atoms with van der Waals surface area (Å²) in [6, 6.07) is 0. The Morgan fingerprint density at radius 3 is 2.17 bits per heavy atom. The SMILES string of the molecule is O=C(O)[C@H](O)C1CCCCC1.[NH4+]. The Bertz CT molecular complexity index is 143. The largest absolute Gasteiger partial charge is 0.479 e. The highest BCUT2D eigenvalue weighted by atomic mass is 16.4. The molecule has 4 nitrogen and oxygen atoms in total. The van der Waals surface area contributed by atoms with Gasteiger partial charge in [0, 0.05) is 0 Å². The second-order valence-corrected chi connectivity index (χ2v) is 3.18. The molecule has 12 heavy (non-hydrogen) atoms. The number of carboxylic acids is 1. The molecule has 1 fully saturated rings. The van der Waals surface area contributed by atoms with Crippen LogP contribution in [0.15, 0.2) is 0 Å². The summed E-state index contributed by atoms with van der Waals surface area (Å²) < 4.78 is 0. The van der Waals surface area contributed by atoms with Crippen LogP contribution in [0.2, 0.25) is 0 Å². The molecule has 0 saturated heterocycles. The van der Waals surface area contributed by atoms with Crippen LogP contribution in [-0.2, 0) is 4.79 Å². The summed E-state index contributed by atoms with van der Waals surface area (Å²) in [5.41, 5.74) is 0. The van der Waals surface area contributed by atoms with Crippen LogP contribution in [-0.4, -0.2) is 22.3 Å². The molecule has 0 aliphatic heterocycles. The van der Waals surface area contributed by atoms with Crippen LogP contribution < -0.4 is 6.15 Å². The van der Waals surface area contributed by atoms with E-state index in [1.807, 2.05) is 0 Å². The van der Waals surface area contributed by atoms with Gasteiger partial charge in [-0.15, -0.1) is 0 Å². The molecule has 0 bridgehead atoms. The molecular formula is C8H18NO3+. The summed E-state index contributed by atoms with van der Waals surface area (Å²) in [6.07, 6.45) is 3.92. The minimum absolute atomic E-state index is 0. The van der Waals surface area contributed by atoms with Crippen molar-refractivity contribution in [1.82, 2.24) is 6.15 Å². The van der Waals surface area contributed by atoms with Crippen molar-refractivity contribution in [3.05, 3.63) is 0 Å². The van der Waals surface area contributed by atoms with Crippen LogP contribution in [0.4, 0.5) is 0 Å². The van der Waals surface area contributed by atoms with E-state index < -0.39 is 12.1 Å². The topological polar surface area (TPSA) is 94.0 Å². The highest BCUT2D eigenvalue weighted by Gasteiger charge is 2.26. The first-order chi connectivity index (χ1) is 5.22. The van der Waals surface area contributed by atoms with E-state index in [1.54, 1.807) is 0 Å². The van der Waals surface area contributed by atoms with Gasteiger partial charge in [0.2, 0.25) is 0 Å². The fraction of sp³-hybridized carbons (Fsp3) is 0.875. The van der Waals surface area contributed by atoms with Gasteiger partial charge in [-0.3, -0.25) is 0 Å². The van der Waals surface area contributed by atoms with E-state index in [2.05, 4.69) is 0 Å². The fourth-order valence-electron chi connectivity index (χ4n) is 1.65. The Kier molecular flexibility index (Phi) is 4.85. The Labute approximate surface area is 72.2 Å². The Hall–Kier alpha value is -0.610.